The molecule has 0 aliphatic heterocycles. The molecule has 0 saturated carbocycles. The van der Waals surface area contributed by atoms with Gasteiger partial charge in [-0.15, -0.1) is 0 Å². The minimum atomic E-state index is -3.57. The molecule has 10 nitrogen and oxygen atoms in total. The second-order valence-corrected chi connectivity index (χ2v) is 8.93. The highest BCUT2D eigenvalue weighted by Gasteiger charge is 2.19. The Morgan fingerprint density at radius 3 is 2.52 bits per heavy atom. The molecule has 3 aromatic rings. The molecule has 0 bridgehead atoms. The molecule has 3 rings (SSSR count). The maximum absolute atomic E-state index is 12.2. The van der Waals surface area contributed by atoms with E-state index in [4.69, 9.17) is 16.1 Å². The summed E-state index contributed by atoms with van der Waals surface area (Å²) in [4.78, 5) is 22.6. The lowest BCUT2D eigenvalue weighted by atomic mass is 10.1. The number of nitro groups is 1. The summed E-state index contributed by atoms with van der Waals surface area (Å²) in [5, 5.41) is 21.0. The monoisotopic (exact) mass is 464 g/mol. The third-order valence-electron chi connectivity index (χ3n) is 4.19. The van der Waals surface area contributed by atoms with Crippen LogP contribution in [0, 0.1) is 10.1 Å². The molecule has 0 unspecified atom stereocenters. The van der Waals surface area contributed by atoms with Gasteiger partial charge < -0.3 is 15.2 Å². The van der Waals surface area contributed by atoms with Gasteiger partial charge in [-0.05, 0) is 36.4 Å². The van der Waals surface area contributed by atoms with E-state index in [0.717, 1.165) is 12.3 Å². The topological polar surface area (TPSA) is 144 Å². The summed E-state index contributed by atoms with van der Waals surface area (Å²) in [5.74, 6) is -0.0748. The Morgan fingerprint density at radius 2 is 1.87 bits per heavy atom. The second-order valence-electron chi connectivity index (χ2n) is 6.47. The predicted molar refractivity (Wildman–Crippen MR) is 114 cm³/mol. The number of amides is 1. The van der Waals surface area contributed by atoms with Gasteiger partial charge in [0.2, 0.25) is 0 Å². The van der Waals surface area contributed by atoms with Gasteiger partial charge >= 0.3 is 0 Å². The van der Waals surface area contributed by atoms with Crippen molar-refractivity contribution >= 4 is 38.7 Å². The van der Waals surface area contributed by atoms with Crippen molar-refractivity contribution in [1.82, 2.24) is 10.5 Å². The Balaban J connectivity index is 1.58. The smallest absolute Gasteiger partial charge is 0.293 e. The molecule has 2 N–H and O–H groups in total. The molecule has 1 heterocycles. The minimum Gasteiger partial charge on any atom is -0.378 e. The van der Waals surface area contributed by atoms with E-state index in [0.29, 0.717) is 16.3 Å². The first kappa shape index (κ1) is 22.2. The SMILES string of the molecule is CS(=O)(=O)c1ccc(NCCNC(=O)c2cc(-c3ccc(Cl)cc3)on2)c([N+](=O)[O-])c1. The molecular weight excluding hydrogens is 448 g/mol. The maximum Gasteiger partial charge on any atom is 0.293 e. The number of nitro benzene ring substituents is 1. The van der Waals surface area contributed by atoms with Crippen molar-refractivity contribution in [1.29, 1.82) is 0 Å². The van der Waals surface area contributed by atoms with Gasteiger partial charge in [0.25, 0.3) is 11.6 Å². The average molecular weight is 465 g/mol. The van der Waals surface area contributed by atoms with E-state index in [9.17, 15) is 23.3 Å². The van der Waals surface area contributed by atoms with Gasteiger partial charge in [-0.2, -0.15) is 0 Å². The minimum absolute atomic E-state index is 0.0773. The Labute approximate surface area is 182 Å². The number of aromatic nitrogens is 1. The lowest BCUT2D eigenvalue weighted by Crippen LogP contribution is -2.29. The summed E-state index contributed by atoms with van der Waals surface area (Å²) in [6.45, 7) is 0.291. The van der Waals surface area contributed by atoms with Gasteiger partial charge in [-0.3, -0.25) is 14.9 Å². The highest BCUT2D eigenvalue weighted by atomic mass is 35.5. The van der Waals surface area contributed by atoms with Gasteiger partial charge in [0.1, 0.15) is 5.69 Å². The van der Waals surface area contributed by atoms with E-state index in [1.165, 1.54) is 18.2 Å². The van der Waals surface area contributed by atoms with Crippen LogP contribution in [0.1, 0.15) is 10.5 Å². The van der Waals surface area contributed by atoms with Crippen molar-refractivity contribution < 1.29 is 22.7 Å². The van der Waals surface area contributed by atoms with Crippen LogP contribution in [0.4, 0.5) is 11.4 Å². The van der Waals surface area contributed by atoms with Crippen LogP contribution in [0.2, 0.25) is 5.02 Å². The van der Waals surface area contributed by atoms with Crippen molar-refractivity contribution in [2.75, 3.05) is 24.7 Å². The van der Waals surface area contributed by atoms with Crippen LogP contribution in [0.15, 0.2) is 57.9 Å². The van der Waals surface area contributed by atoms with E-state index in [-0.39, 0.29) is 35.1 Å². The van der Waals surface area contributed by atoms with Crippen molar-refractivity contribution in [3.8, 4) is 11.3 Å². The molecule has 0 aliphatic rings. The van der Waals surface area contributed by atoms with E-state index in [2.05, 4.69) is 15.8 Å². The van der Waals surface area contributed by atoms with Crippen LogP contribution < -0.4 is 10.6 Å². The zero-order chi connectivity index (χ0) is 22.6. The molecule has 0 fully saturated rings. The Bertz CT molecular complexity index is 1220. The van der Waals surface area contributed by atoms with Crippen LogP contribution in [0.5, 0.6) is 0 Å². The molecule has 0 saturated heterocycles. The van der Waals surface area contributed by atoms with Gasteiger partial charge in [-0.25, -0.2) is 8.42 Å². The molecular formula is C19H17ClN4O6S. The highest BCUT2D eigenvalue weighted by molar-refractivity contribution is 7.90. The first-order valence-corrected chi connectivity index (χ1v) is 11.2. The van der Waals surface area contributed by atoms with Crippen LogP contribution >= 0.6 is 11.6 Å². The molecule has 1 aromatic heterocycles. The Hall–Kier alpha value is -3.44. The molecule has 0 radical (unpaired) electrons. The first-order chi connectivity index (χ1) is 14.6. The van der Waals surface area contributed by atoms with Crippen LogP contribution in [-0.4, -0.2) is 43.8 Å². The second kappa shape index (κ2) is 9.14. The van der Waals surface area contributed by atoms with Crippen LogP contribution in [-0.2, 0) is 9.84 Å². The normalized spacial score (nSPS) is 11.2. The molecule has 12 heteroatoms. The molecule has 2 aromatic carbocycles. The number of rotatable bonds is 8. The number of benzene rings is 2. The van der Waals surface area contributed by atoms with Crippen LogP contribution in [0.3, 0.4) is 0 Å². The lowest BCUT2D eigenvalue weighted by molar-refractivity contribution is -0.384. The molecule has 0 aliphatic carbocycles. The summed E-state index contributed by atoms with van der Waals surface area (Å²) in [6.07, 6.45) is 0.969. The molecule has 162 valence electrons. The summed E-state index contributed by atoms with van der Waals surface area (Å²) in [6, 6.07) is 11.9. The Kier molecular flexibility index (Phi) is 6.56. The third kappa shape index (κ3) is 5.58. The maximum atomic E-state index is 12.2. The highest BCUT2D eigenvalue weighted by Crippen LogP contribution is 2.27. The van der Waals surface area contributed by atoms with E-state index in [1.54, 1.807) is 24.3 Å². The van der Waals surface area contributed by atoms with Gasteiger partial charge in [0, 0.05) is 42.1 Å². The Morgan fingerprint density at radius 1 is 1.16 bits per heavy atom. The number of carbonyl (C=O) groups excluding carboxylic acids is 1. The van der Waals surface area contributed by atoms with Crippen molar-refractivity contribution in [3.05, 3.63) is 69.4 Å². The number of hydrogen-bond acceptors (Lipinski definition) is 8. The number of nitrogens with zero attached hydrogens (tertiary/aromatic N) is 2. The number of hydrogen-bond donors (Lipinski definition) is 2. The fourth-order valence-corrected chi connectivity index (χ4v) is 3.41. The average Bonchev–Trinajstić information content (AvgIpc) is 3.21. The van der Waals surface area contributed by atoms with E-state index < -0.39 is 20.7 Å². The third-order valence-corrected chi connectivity index (χ3v) is 5.55. The molecule has 31 heavy (non-hydrogen) atoms. The summed E-state index contributed by atoms with van der Waals surface area (Å²) in [7, 11) is -3.57. The number of anilines is 1. The fourth-order valence-electron chi connectivity index (χ4n) is 2.64. The lowest BCUT2D eigenvalue weighted by Gasteiger charge is -2.09. The first-order valence-electron chi connectivity index (χ1n) is 8.88. The zero-order valence-corrected chi connectivity index (χ0v) is 17.7. The summed E-state index contributed by atoms with van der Waals surface area (Å²) in [5.41, 5.74) is 0.548. The van der Waals surface area contributed by atoms with Gasteiger partial charge in [-0.1, -0.05) is 16.8 Å². The van der Waals surface area contributed by atoms with E-state index >= 15 is 0 Å². The quantitative estimate of drug-likeness (QED) is 0.294. The summed E-state index contributed by atoms with van der Waals surface area (Å²) >= 11 is 5.84. The van der Waals surface area contributed by atoms with Crippen molar-refractivity contribution in [3.63, 3.8) is 0 Å². The van der Waals surface area contributed by atoms with Gasteiger partial charge in [0.15, 0.2) is 21.3 Å². The fraction of sp³-hybridized carbons (Fsp3) is 0.158. The number of sulfone groups is 1. The number of halogens is 1. The molecule has 0 spiro atoms. The zero-order valence-electron chi connectivity index (χ0n) is 16.2. The standard InChI is InChI=1S/C19H17ClN4O6S/c1-31(28,29)14-6-7-15(17(10-14)24(26)27)21-8-9-22-19(25)16-11-18(30-23-16)12-2-4-13(20)5-3-12/h2-7,10-11,21H,8-9H2,1H3,(H,22,25). The van der Waals surface area contributed by atoms with Crippen molar-refractivity contribution in [2.45, 2.75) is 4.90 Å². The van der Waals surface area contributed by atoms with Gasteiger partial charge in [0.05, 0.1) is 9.82 Å². The van der Waals surface area contributed by atoms with Crippen molar-refractivity contribution in [2.24, 2.45) is 0 Å². The largest absolute Gasteiger partial charge is 0.378 e. The van der Waals surface area contributed by atoms with E-state index in [1.807, 2.05) is 0 Å². The number of nitrogens with one attached hydrogen (secondary N) is 2. The summed E-state index contributed by atoms with van der Waals surface area (Å²) < 4.78 is 28.3. The number of carbonyl (C=O) groups is 1. The van der Waals surface area contributed by atoms with Crippen LogP contribution in [0.25, 0.3) is 11.3 Å². The predicted octanol–water partition coefficient (Wildman–Crippen LogP) is 3.15. The molecule has 0 atom stereocenters. The molecule has 1 amide bonds.